The topological polar surface area (TPSA) is 122 Å². The number of aryl methyl sites for hydroxylation is 2. The minimum absolute atomic E-state index is 0.0326. The van der Waals surface area contributed by atoms with Gasteiger partial charge in [-0.1, -0.05) is 41.5 Å². The summed E-state index contributed by atoms with van der Waals surface area (Å²) in [6, 6.07) is 17.5. The van der Waals surface area contributed by atoms with Crippen LogP contribution in [0.25, 0.3) is 0 Å². The largest absolute Gasteiger partial charge is 0.419 e. The predicted molar refractivity (Wildman–Crippen MR) is 120 cm³/mol. The summed E-state index contributed by atoms with van der Waals surface area (Å²) >= 11 is 0. The number of ether oxygens (including phenoxy) is 2. The number of amides is 1. The molecule has 1 atom stereocenters. The van der Waals surface area contributed by atoms with E-state index in [1.807, 2.05) is 13.8 Å². The van der Waals surface area contributed by atoms with Gasteiger partial charge in [-0.3, -0.25) is 4.79 Å². The first kappa shape index (κ1) is 22.7. The van der Waals surface area contributed by atoms with Crippen LogP contribution in [0.3, 0.4) is 0 Å². The maximum Gasteiger partial charge on any atom is 0.343 e. The van der Waals surface area contributed by atoms with Crippen LogP contribution < -0.4 is 20.9 Å². The second-order valence-electron chi connectivity index (χ2n) is 7.51. The molecule has 3 aromatic rings. The molecule has 1 amide bonds. The van der Waals surface area contributed by atoms with E-state index in [9.17, 15) is 14.4 Å². The molecule has 0 aliphatic heterocycles. The Hall–Kier alpha value is -3.97. The summed E-state index contributed by atoms with van der Waals surface area (Å²) in [5.41, 5.74) is 14.3. The van der Waals surface area contributed by atoms with Crippen LogP contribution in [0.5, 0.6) is 11.5 Å². The van der Waals surface area contributed by atoms with Gasteiger partial charge in [-0.25, -0.2) is 9.59 Å². The summed E-state index contributed by atoms with van der Waals surface area (Å²) in [6.45, 7) is 3.82. The van der Waals surface area contributed by atoms with Crippen molar-refractivity contribution in [3.05, 3.63) is 94.5 Å². The SMILES string of the molecule is Cc1ccc(C(=O)Oc2ccc(CC(N)C(N)=O)cc2OC(=O)c2ccc(C)cc2)cc1. The number of benzene rings is 3. The van der Waals surface area contributed by atoms with Gasteiger partial charge >= 0.3 is 11.9 Å². The van der Waals surface area contributed by atoms with Crippen LogP contribution in [0.1, 0.15) is 37.4 Å². The van der Waals surface area contributed by atoms with Gasteiger partial charge in [0.25, 0.3) is 0 Å². The highest BCUT2D eigenvalue weighted by Crippen LogP contribution is 2.30. The molecule has 7 heteroatoms. The molecule has 0 radical (unpaired) electrons. The molecule has 0 aromatic heterocycles. The van der Waals surface area contributed by atoms with Gasteiger partial charge < -0.3 is 20.9 Å². The Balaban J connectivity index is 1.89. The van der Waals surface area contributed by atoms with Gasteiger partial charge in [0, 0.05) is 0 Å². The first-order chi connectivity index (χ1) is 15.2. The van der Waals surface area contributed by atoms with Crippen LogP contribution in [-0.2, 0) is 11.2 Å². The minimum Gasteiger partial charge on any atom is -0.419 e. The van der Waals surface area contributed by atoms with E-state index in [1.54, 1.807) is 54.6 Å². The van der Waals surface area contributed by atoms with E-state index in [2.05, 4.69) is 0 Å². The molecule has 0 aliphatic rings. The lowest BCUT2D eigenvalue weighted by Crippen LogP contribution is -2.38. The summed E-state index contributed by atoms with van der Waals surface area (Å²) in [5, 5.41) is 0. The zero-order valence-corrected chi connectivity index (χ0v) is 17.8. The standard InChI is InChI=1S/C25H24N2O5/c1-15-3-8-18(9-4-15)24(29)31-21-12-7-17(13-20(26)23(27)28)14-22(21)32-25(30)19-10-5-16(2)6-11-19/h3-12,14,20H,13,26H2,1-2H3,(H2,27,28). The number of hydrogen-bond donors (Lipinski definition) is 2. The number of rotatable bonds is 7. The summed E-state index contributed by atoms with van der Waals surface area (Å²) in [7, 11) is 0. The molecule has 1 unspecified atom stereocenters. The summed E-state index contributed by atoms with van der Waals surface area (Å²) in [5.74, 6) is -1.77. The smallest absolute Gasteiger partial charge is 0.343 e. The maximum atomic E-state index is 12.7. The summed E-state index contributed by atoms with van der Waals surface area (Å²) in [4.78, 5) is 36.5. The third-order valence-electron chi connectivity index (χ3n) is 4.81. The van der Waals surface area contributed by atoms with Crippen LogP contribution in [0.15, 0.2) is 66.7 Å². The molecule has 0 saturated heterocycles. The van der Waals surface area contributed by atoms with E-state index in [4.69, 9.17) is 20.9 Å². The van der Waals surface area contributed by atoms with Gasteiger partial charge in [0.2, 0.25) is 5.91 Å². The molecule has 3 aromatic carbocycles. The highest BCUT2D eigenvalue weighted by molar-refractivity contribution is 5.93. The molecule has 3 rings (SSSR count). The predicted octanol–water partition coefficient (Wildman–Crippen LogP) is 3.10. The quantitative estimate of drug-likeness (QED) is 0.437. The lowest BCUT2D eigenvalue weighted by atomic mass is 10.1. The van der Waals surface area contributed by atoms with Crippen LogP contribution in [0.2, 0.25) is 0 Å². The second-order valence-corrected chi connectivity index (χ2v) is 7.51. The van der Waals surface area contributed by atoms with E-state index in [0.717, 1.165) is 11.1 Å². The van der Waals surface area contributed by atoms with Crippen molar-refractivity contribution >= 4 is 17.8 Å². The molecule has 7 nitrogen and oxygen atoms in total. The highest BCUT2D eigenvalue weighted by Gasteiger charge is 2.19. The molecule has 0 heterocycles. The van der Waals surface area contributed by atoms with Crippen molar-refractivity contribution < 1.29 is 23.9 Å². The Morgan fingerprint density at radius 3 is 1.69 bits per heavy atom. The fraction of sp³-hybridized carbons (Fsp3) is 0.160. The molecule has 0 fully saturated rings. The first-order valence-electron chi connectivity index (χ1n) is 9.98. The van der Waals surface area contributed by atoms with Crippen molar-refractivity contribution in [1.29, 1.82) is 0 Å². The van der Waals surface area contributed by atoms with Gasteiger partial charge in [-0.15, -0.1) is 0 Å². The summed E-state index contributed by atoms with van der Waals surface area (Å²) < 4.78 is 11.0. The zero-order chi connectivity index (χ0) is 23.3. The molecular formula is C25H24N2O5. The Labute approximate surface area is 185 Å². The Morgan fingerprint density at radius 2 is 1.22 bits per heavy atom. The molecule has 0 spiro atoms. The van der Waals surface area contributed by atoms with Crippen molar-refractivity contribution in [2.45, 2.75) is 26.3 Å². The lowest BCUT2D eigenvalue weighted by molar-refractivity contribution is -0.119. The molecule has 0 bridgehead atoms. The van der Waals surface area contributed by atoms with Crippen LogP contribution in [-0.4, -0.2) is 23.9 Å². The van der Waals surface area contributed by atoms with Crippen molar-refractivity contribution in [2.75, 3.05) is 0 Å². The second kappa shape index (κ2) is 9.89. The summed E-state index contributed by atoms with van der Waals surface area (Å²) in [6.07, 6.45) is 0.136. The van der Waals surface area contributed by atoms with Gasteiger partial charge in [-0.05, 0) is 62.2 Å². The lowest BCUT2D eigenvalue weighted by Gasteiger charge is -2.14. The first-order valence-corrected chi connectivity index (χ1v) is 9.98. The van der Waals surface area contributed by atoms with E-state index in [0.29, 0.717) is 16.7 Å². The average Bonchev–Trinajstić information content (AvgIpc) is 2.76. The number of carbonyl (C=O) groups excluding carboxylic acids is 3. The normalized spacial score (nSPS) is 11.5. The number of hydrogen-bond acceptors (Lipinski definition) is 6. The fourth-order valence-corrected chi connectivity index (χ4v) is 2.89. The third kappa shape index (κ3) is 5.80. The van der Waals surface area contributed by atoms with Gasteiger partial charge in [0.05, 0.1) is 17.2 Å². The van der Waals surface area contributed by atoms with Crippen molar-refractivity contribution in [1.82, 2.24) is 0 Å². The van der Waals surface area contributed by atoms with Gasteiger partial charge in [0.15, 0.2) is 11.5 Å². The monoisotopic (exact) mass is 432 g/mol. The van der Waals surface area contributed by atoms with E-state index in [1.165, 1.54) is 12.1 Å². The van der Waals surface area contributed by atoms with E-state index in [-0.39, 0.29) is 17.9 Å². The maximum absolute atomic E-state index is 12.7. The molecule has 0 aliphatic carbocycles. The molecule has 164 valence electrons. The fourth-order valence-electron chi connectivity index (χ4n) is 2.89. The Morgan fingerprint density at radius 1 is 0.750 bits per heavy atom. The van der Waals surface area contributed by atoms with Crippen LogP contribution >= 0.6 is 0 Å². The van der Waals surface area contributed by atoms with Gasteiger partial charge in [0.1, 0.15) is 0 Å². The number of primary amides is 1. The van der Waals surface area contributed by atoms with Gasteiger partial charge in [-0.2, -0.15) is 0 Å². The van der Waals surface area contributed by atoms with Crippen LogP contribution in [0.4, 0.5) is 0 Å². The Bertz CT molecular complexity index is 1140. The highest BCUT2D eigenvalue weighted by atomic mass is 16.6. The van der Waals surface area contributed by atoms with Crippen LogP contribution in [0, 0.1) is 13.8 Å². The molecule has 0 saturated carbocycles. The number of nitrogens with two attached hydrogens (primary N) is 2. The van der Waals surface area contributed by atoms with Crippen molar-refractivity contribution in [3.63, 3.8) is 0 Å². The van der Waals surface area contributed by atoms with E-state index >= 15 is 0 Å². The average molecular weight is 432 g/mol. The minimum atomic E-state index is -0.906. The number of esters is 2. The van der Waals surface area contributed by atoms with E-state index < -0.39 is 23.9 Å². The van der Waals surface area contributed by atoms with Crippen molar-refractivity contribution in [2.24, 2.45) is 11.5 Å². The Kier molecular flexibility index (Phi) is 7.02. The zero-order valence-electron chi connectivity index (χ0n) is 17.8. The van der Waals surface area contributed by atoms with Crippen molar-refractivity contribution in [3.8, 4) is 11.5 Å². The molecule has 32 heavy (non-hydrogen) atoms. The molecule has 4 N–H and O–H groups in total. The molecular weight excluding hydrogens is 408 g/mol. The number of carbonyl (C=O) groups is 3. The third-order valence-corrected chi connectivity index (χ3v) is 4.81.